The zero-order valence-electron chi connectivity index (χ0n) is 12.1. The number of nitrogens with one attached hydrogen (secondary N) is 2. The molecule has 5 heteroatoms. The normalized spacial score (nSPS) is 10.3. The third-order valence-electron chi connectivity index (χ3n) is 3.21. The number of imidazole rings is 1. The van der Waals surface area contributed by atoms with Gasteiger partial charge in [0, 0.05) is 31.0 Å². The van der Waals surface area contributed by atoms with E-state index in [0.29, 0.717) is 18.7 Å². The van der Waals surface area contributed by atoms with E-state index in [-0.39, 0.29) is 5.91 Å². The van der Waals surface area contributed by atoms with Gasteiger partial charge in [-0.05, 0) is 31.5 Å². The van der Waals surface area contributed by atoms with E-state index in [1.54, 1.807) is 6.33 Å². The van der Waals surface area contributed by atoms with Crippen LogP contribution >= 0.6 is 0 Å². The van der Waals surface area contributed by atoms with Crippen LogP contribution in [0.25, 0.3) is 0 Å². The molecule has 0 fully saturated rings. The predicted octanol–water partition coefficient (Wildman–Crippen LogP) is 2.09. The van der Waals surface area contributed by atoms with Gasteiger partial charge >= 0.3 is 0 Å². The molecule has 106 valence electrons. The minimum atomic E-state index is -0.0453. The van der Waals surface area contributed by atoms with Gasteiger partial charge in [0.25, 0.3) is 5.91 Å². The Morgan fingerprint density at radius 3 is 2.85 bits per heavy atom. The summed E-state index contributed by atoms with van der Waals surface area (Å²) in [5.41, 5.74) is 3.84. The highest BCUT2D eigenvalue weighted by atomic mass is 16.1. The van der Waals surface area contributed by atoms with Gasteiger partial charge in [0.05, 0.1) is 18.6 Å². The van der Waals surface area contributed by atoms with Crippen molar-refractivity contribution in [1.29, 1.82) is 0 Å². The molecule has 2 rings (SSSR count). The first kappa shape index (κ1) is 14.1. The summed E-state index contributed by atoms with van der Waals surface area (Å²) < 4.78 is 1.97. The Labute approximate surface area is 119 Å². The SMILES string of the molecule is CCNC(=O)c1ccc(C)c(NCc2cncn2C)c1. The van der Waals surface area contributed by atoms with Crippen LogP contribution < -0.4 is 10.6 Å². The number of carbonyl (C=O) groups is 1. The predicted molar refractivity (Wildman–Crippen MR) is 79.7 cm³/mol. The molecule has 0 aliphatic carbocycles. The maximum atomic E-state index is 11.8. The lowest BCUT2D eigenvalue weighted by molar-refractivity contribution is 0.0956. The van der Waals surface area contributed by atoms with Gasteiger partial charge in [0.2, 0.25) is 0 Å². The fourth-order valence-electron chi connectivity index (χ4n) is 1.96. The molecular formula is C15H20N4O. The zero-order chi connectivity index (χ0) is 14.5. The summed E-state index contributed by atoms with van der Waals surface area (Å²) in [6.07, 6.45) is 3.60. The van der Waals surface area contributed by atoms with Gasteiger partial charge in [-0.3, -0.25) is 4.79 Å². The largest absolute Gasteiger partial charge is 0.379 e. The highest BCUT2D eigenvalue weighted by Gasteiger charge is 2.07. The lowest BCUT2D eigenvalue weighted by atomic mass is 10.1. The molecule has 2 aromatic rings. The number of hydrogen-bond acceptors (Lipinski definition) is 3. The third kappa shape index (κ3) is 3.17. The number of hydrogen-bond donors (Lipinski definition) is 2. The van der Waals surface area contributed by atoms with Gasteiger partial charge < -0.3 is 15.2 Å². The maximum absolute atomic E-state index is 11.8. The molecule has 0 unspecified atom stereocenters. The molecule has 0 aliphatic rings. The van der Waals surface area contributed by atoms with Crippen molar-refractivity contribution in [2.75, 3.05) is 11.9 Å². The lowest BCUT2D eigenvalue weighted by Gasteiger charge is -2.12. The summed E-state index contributed by atoms with van der Waals surface area (Å²) >= 11 is 0. The molecule has 20 heavy (non-hydrogen) atoms. The smallest absolute Gasteiger partial charge is 0.251 e. The summed E-state index contributed by atoms with van der Waals surface area (Å²) in [6.45, 7) is 5.24. The van der Waals surface area contributed by atoms with Crippen molar-refractivity contribution in [3.63, 3.8) is 0 Å². The van der Waals surface area contributed by atoms with E-state index in [4.69, 9.17) is 0 Å². The molecule has 0 saturated heterocycles. The molecule has 1 heterocycles. The molecule has 0 radical (unpaired) electrons. The Morgan fingerprint density at radius 2 is 2.20 bits per heavy atom. The molecule has 5 nitrogen and oxygen atoms in total. The van der Waals surface area contributed by atoms with Crippen LogP contribution in [-0.2, 0) is 13.6 Å². The first-order valence-electron chi connectivity index (χ1n) is 6.69. The molecule has 0 saturated carbocycles. The Morgan fingerprint density at radius 1 is 1.40 bits per heavy atom. The quantitative estimate of drug-likeness (QED) is 0.876. The highest BCUT2D eigenvalue weighted by molar-refractivity contribution is 5.95. The van der Waals surface area contributed by atoms with Crippen molar-refractivity contribution in [2.45, 2.75) is 20.4 Å². The van der Waals surface area contributed by atoms with Crippen LogP contribution in [0.3, 0.4) is 0 Å². The third-order valence-corrected chi connectivity index (χ3v) is 3.21. The average Bonchev–Trinajstić information content (AvgIpc) is 2.83. The monoisotopic (exact) mass is 272 g/mol. The number of amides is 1. The van der Waals surface area contributed by atoms with E-state index in [0.717, 1.165) is 16.9 Å². The molecule has 1 aromatic heterocycles. The maximum Gasteiger partial charge on any atom is 0.251 e. The number of anilines is 1. The van der Waals surface area contributed by atoms with Gasteiger partial charge in [0.1, 0.15) is 0 Å². The van der Waals surface area contributed by atoms with Crippen LogP contribution in [0.5, 0.6) is 0 Å². The van der Waals surface area contributed by atoms with Crippen LogP contribution in [0.4, 0.5) is 5.69 Å². The summed E-state index contributed by atoms with van der Waals surface area (Å²) in [7, 11) is 1.96. The Kier molecular flexibility index (Phi) is 4.40. The molecule has 0 bridgehead atoms. The van der Waals surface area contributed by atoms with Crippen molar-refractivity contribution < 1.29 is 4.79 Å². The van der Waals surface area contributed by atoms with E-state index < -0.39 is 0 Å². The summed E-state index contributed by atoms with van der Waals surface area (Å²) in [5.74, 6) is -0.0453. The summed E-state index contributed by atoms with van der Waals surface area (Å²) in [4.78, 5) is 15.9. The van der Waals surface area contributed by atoms with Crippen LogP contribution in [0.15, 0.2) is 30.7 Å². The van der Waals surface area contributed by atoms with Crippen molar-refractivity contribution in [2.24, 2.45) is 7.05 Å². The second-order valence-electron chi connectivity index (χ2n) is 4.74. The van der Waals surface area contributed by atoms with Crippen LogP contribution in [-0.4, -0.2) is 22.0 Å². The van der Waals surface area contributed by atoms with Crippen molar-refractivity contribution in [3.8, 4) is 0 Å². The fourth-order valence-corrected chi connectivity index (χ4v) is 1.96. The van der Waals surface area contributed by atoms with Crippen molar-refractivity contribution in [3.05, 3.63) is 47.5 Å². The van der Waals surface area contributed by atoms with Gasteiger partial charge in [-0.25, -0.2) is 4.98 Å². The van der Waals surface area contributed by atoms with Crippen LogP contribution in [0.2, 0.25) is 0 Å². The summed E-state index contributed by atoms with van der Waals surface area (Å²) in [5, 5.41) is 6.16. The molecule has 0 spiro atoms. The fraction of sp³-hybridized carbons (Fsp3) is 0.333. The number of rotatable bonds is 5. The summed E-state index contributed by atoms with van der Waals surface area (Å²) in [6, 6.07) is 5.68. The number of aryl methyl sites for hydroxylation is 2. The molecule has 0 aliphatic heterocycles. The molecule has 1 aromatic carbocycles. The minimum Gasteiger partial charge on any atom is -0.379 e. The topological polar surface area (TPSA) is 59.0 Å². The van der Waals surface area contributed by atoms with Crippen molar-refractivity contribution >= 4 is 11.6 Å². The van der Waals surface area contributed by atoms with Crippen LogP contribution in [0.1, 0.15) is 28.5 Å². The van der Waals surface area contributed by atoms with E-state index in [1.165, 1.54) is 0 Å². The lowest BCUT2D eigenvalue weighted by Crippen LogP contribution is -2.22. The molecule has 2 N–H and O–H groups in total. The second kappa shape index (κ2) is 6.23. The Balaban J connectivity index is 2.12. The van der Waals surface area contributed by atoms with Crippen molar-refractivity contribution in [1.82, 2.24) is 14.9 Å². The van der Waals surface area contributed by atoms with E-state index >= 15 is 0 Å². The standard InChI is InChI=1S/C15H20N4O/c1-4-17-15(20)12-6-5-11(2)14(7-12)18-9-13-8-16-10-19(13)3/h5-8,10,18H,4,9H2,1-3H3,(H,17,20). The zero-order valence-corrected chi connectivity index (χ0v) is 12.1. The van der Waals surface area contributed by atoms with Gasteiger partial charge in [-0.2, -0.15) is 0 Å². The van der Waals surface area contributed by atoms with E-state index in [1.807, 2.05) is 49.9 Å². The van der Waals surface area contributed by atoms with Gasteiger partial charge in [-0.1, -0.05) is 6.07 Å². The van der Waals surface area contributed by atoms with E-state index in [9.17, 15) is 4.79 Å². The first-order chi connectivity index (χ1) is 9.61. The Hall–Kier alpha value is -2.30. The Bertz CT molecular complexity index is 604. The second-order valence-corrected chi connectivity index (χ2v) is 4.74. The molecule has 1 amide bonds. The molecular weight excluding hydrogens is 252 g/mol. The number of carbonyl (C=O) groups excluding carboxylic acids is 1. The minimum absolute atomic E-state index is 0.0453. The average molecular weight is 272 g/mol. The van der Waals surface area contributed by atoms with E-state index in [2.05, 4.69) is 15.6 Å². The number of benzene rings is 1. The number of aromatic nitrogens is 2. The first-order valence-corrected chi connectivity index (χ1v) is 6.69. The van der Waals surface area contributed by atoms with Gasteiger partial charge in [-0.15, -0.1) is 0 Å². The molecule has 0 atom stereocenters. The van der Waals surface area contributed by atoms with Gasteiger partial charge in [0.15, 0.2) is 0 Å². The number of nitrogens with zero attached hydrogens (tertiary/aromatic N) is 2. The highest BCUT2D eigenvalue weighted by Crippen LogP contribution is 2.18. The van der Waals surface area contributed by atoms with Crippen LogP contribution in [0, 0.1) is 6.92 Å².